The molecule has 2 atom stereocenters. The Morgan fingerprint density at radius 3 is 2.61 bits per heavy atom. The van der Waals surface area contributed by atoms with Crippen LogP contribution in [0.3, 0.4) is 0 Å². The largest absolute Gasteiger partial charge is 0.394 e. The van der Waals surface area contributed by atoms with Gasteiger partial charge in [-0.25, -0.2) is 9.97 Å². The highest BCUT2D eigenvalue weighted by Crippen LogP contribution is 2.23. The van der Waals surface area contributed by atoms with Crippen LogP contribution in [0.15, 0.2) is 48.7 Å². The van der Waals surface area contributed by atoms with Crippen molar-refractivity contribution in [3.8, 4) is 11.5 Å². The van der Waals surface area contributed by atoms with Crippen molar-refractivity contribution in [1.29, 1.82) is 0 Å². The smallest absolute Gasteiger partial charge is 0.258 e. The standard InChI is InChI=1S/C22H23N7O3.C5H11NO2.ClH/c1-28-18(21-24-16-4-2-3-5-17(16)25-21)10-19(27-28)26-22(31)14-6-7-20(23-11-14)29-8-9-32-15(12-29)13-30;7-4-5-3-6-1-2-8-5;/h2-7,10-11,15,30H,8-9,12-13H2,1H3,(H,24,25)(H,26,27,31);5-7H,1-4H2;1H/t15-;5-;/m00./s1. The summed E-state index contributed by atoms with van der Waals surface area (Å²) >= 11 is 0. The molecule has 0 unspecified atom stereocenters. The lowest BCUT2D eigenvalue weighted by Crippen LogP contribution is -2.44. The zero-order chi connectivity index (χ0) is 27.9. The van der Waals surface area contributed by atoms with Gasteiger partial charge in [-0.05, 0) is 24.3 Å². The molecular weight excluding hydrogens is 552 g/mol. The van der Waals surface area contributed by atoms with Crippen molar-refractivity contribution >= 4 is 41.0 Å². The fourth-order valence-electron chi connectivity index (χ4n) is 4.49. The second kappa shape index (κ2) is 14.3. The van der Waals surface area contributed by atoms with Crippen molar-refractivity contribution in [3.05, 3.63) is 54.2 Å². The molecule has 0 bridgehead atoms. The van der Waals surface area contributed by atoms with Gasteiger partial charge in [0.2, 0.25) is 0 Å². The Balaban J connectivity index is 0.000000373. The molecule has 220 valence electrons. The van der Waals surface area contributed by atoms with Gasteiger partial charge in [0, 0.05) is 45.5 Å². The third-order valence-electron chi connectivity index (χ3n) is 6.64. The number of aryl methyl sites for hydroxylation is 1. The third kappa shape index (κ3) is 7.58. The van der Waals surface area contributed by atoms with Crippen molar-refractivity contribution in [2.24, 2.45) is 7.05 Å². The fourth-order valence-corrected chi connectivity index (χ4v) is 4.49. The summed E-state index contributed by atoms with van der Waals surface area (Å²) in [4.78, 5) is 27.0. The van der Waals surface area contributed by atoms with Crippen molar-refractivity contribution in [2.75, 3.05) is 62.8 Å². The van der Waals surface area contributed by atoms with E-state index < -0.39 is 0 Å². The second-order valence-corrected chi connectivity index (χ2v) is 9.50. The third-order valence-corrected chi connectivity index (χ3v) is 6.64. The molecule has 2 aliphatic rings. The highest BCUT2D eigenvalue weighted by atomic mass is 35.5. The molecule has 2 saturated heterocycles. The molecule has 0 aliphatic carbocycles. The monoisotopic (exact) mass is 586 g/mol. The number of ether oxygens (including phenoxy) is 2. The molecular formula is C27H35ClN8O5. The summed E-state index contributed by atoms with van der Waals surface area (Å²) in [5.41, 5.74) is 2.99. The van der Waals surface area contributed by atoms with Crippen LogP contribution < -0.4 is 15.5 Å². The molecule has 0 spiro atoms. The van der Waals surface area contributed by atoms with Crippen molar-refractivity contribution in [3.63, 3.8) is 0 Å². The van der Waals surface area contributed by atoms with Crippen LogP contribution in [0, 0.1) is 0 Å². The summed E-state index contributed by atoms with van der Waals surface area (Å²) in [6.45, 7) is 4.31. The molecule has 13 nitrogen and oxygen atoms in total. The maximum Gasteiger partial charge on any atom is 0.258 e. The Morgan fingerprint density at radius 2 is 1.93 bits per heavy atom. The molecule has 5 heterocycles. The van der Waals surface area contributed by atoms with Gasteiger partial charge in [-0.15, -0.1) is 12.4 Å². The number of aromatic nitrogens is 5. The van der Waals surface area contributed by atoms with Gasteiger partial charge in [0.05, 0.1) is 55.2 Å². The number of pyridine rings is 1. The first-order chi connectivity index (χ1) is 19.5. The van der Waals surface area contributed by atoms with E-state index >= 15 is 0 Å². The normalized spacial score (nSPS) is 18.8. The highest BCUT2D eigenvalue weighted by Gasteiger charge is 2.21. The number of hydrogen-bond donors (Lipinski definition) is 5. The van der Waals surface area contributed by atoms with Gasteiger partial charge in [0.25, 0.3) is 5.91 Å². The van der Waals surface area contributed by atoms with Gasteiger partial charge in [-0.1, -0.05) is 12.1 Å². The van der Waals surface area contributed by atoms with E-state index in [1.807, 2.05) is 29.2 Å². The van der Waals surface area contributed by atoms with E-state index in [1.54, 1.807) is 29.9 Å². The van der Waals surface area contributed by atoms with E-state index in [4.69, 9.17) is 14.6 Å². The van der Waals surface area contributed by atoms with Crippen molar-refractivity contribution < 1.29 is 24.5 Å². The SMILES string of the molecule is Cl.Cn1nc(NC(=O)c2ccc(N3CCO[C@H](CO)C3)nc2)cc1-c1nc2ccccc2[nH]1.OC[C@@H]1CNCCO1. The summed E-state index contributed by atoms with van der Waals surface area (Å²) in [6.07, 6.45) is 1.35. The molecule has 1 aromatic carbocycles. The average molecular weight is 587 g/mol. The number of amides is 1. The minimum absolute atomic E-state index is 0. The number of nitrogens with zero attached hydrogens (tertiary/aromatic N) is 5. The number of rotatable bonds is 6. The molecule has 2 fully saturated rings. The van der Waals surface area contributed by atoms with Crippen LogP contribution in [0.5, 0.6) is 0 Å². The molecule has 3 aromatic heterocycles. The van der Waals surface area contributed by atoms with Crippen molar-refractivity contribution in [1.82, 2.24) is 30.0 Å². The minimum Gasteiger partial charge on any atom is -0.394 e. The number of anilines is 2. The predicted molar refractivity (Wildman–Crippen MR) is 156 cm³/mol. The van der Waals surface area contributed by atoms with Crippen LogP contribution in [-0.4, -0.2) is 106 Å². The van der Waals surface area contributed by atoms with Crippen LogP contribution >= 0.6 is 12.4 Å². The van der Waals surface area contributed by atoms with Gasteiger partial charge in [-0.2, -0.15) is 5.10 Å². The Labute approximate surface area is 243 Å². The molecule has 2 aliphatic heterocycles. The number of fused-ring (bicyclic) bond motifs is 1. The number of aliphatic hydroxyl groups excluding tert-OH is 2. The van der Waals surface area contributed by atoms with Crippen LogP contribution in [0.4, 0.5) is 11.6 Å². The fraction of sp³-hybridized carbons (Fsp3) is 0.407. The number of imidazole rings is 1. The summed E-state index contributed by atoms with van der Waals surface area (Å²) < 4.78 is 12.3. The lowest BCUT2D eigenvalue weighted by atomic mass is 10.2. The van der Waals surface area contributed by atoms with E-state index in [-0.39, 0.29) is 43.7 Å². The maximum absolute atomic E-state index is 12.7. The van der Waals surface area contributed by atoms with Crippen LogP contribution in [-0.2, 0) is 16.5 Å². The molecule has 14 heteroatoms. The van der Waals surface area contributed by atoms with Gasteiger partial charge < -0.3 is 40.2 Å². The zero-order valence-corrected chi connectivity index (χ0v) is 23.5. The first-order valence-electron chi connectivity index (χ1n) is 13.2. The van der Waals surface area contributed by atoms with E-state index in [9.17, 15) is 9.90 Å². The Hall–Kier alpha value is -3.59. The number of carbonyl (C=O) groups is 1. The van der Waals surface area contributed by atoms with E-state index in [1.165, 1.54) is 6.20 Å². The molecule has 4 aromatic rings. The van der Waals surface area contributed by atoms with Crippen molar-refractivity contribution in [2.45, 2.75) is 12.2 Å². The van der Waals surface area contributed by atoms with Gasteiger partial charge in [-0.3, -0.25) is 9.48 Å². The summed E-state index contributed by atoms with van der Waals surface area (Å²) in [5.74, 6) is 1.55. The quantitative estimate of drug-likeness (QED) is 0.222. The summed E-state index contributed by atoms with van der Waals surface area (Å²) in [5, 5.41) is 28.1. The van der Waals surface area contributed by atoms with Crippen LogP contribution in [0.25, 0.3) is 22.6 Å². The number of aromatic amines is 1. The lowest BCUT2D eigenvalue weighted by Gasteiger charge is -2.32. The van der Waals surface area contributed by atoms with Gasteiger partial charge in [0.1, 0.15) is 11.5 Å². The average Bonchev–Trinajstić information content (AvgIpc) is 3.60. The zero-order valence-electron chi connectivity index (χ0n) is 22.7. The number of aliphatic hydroxyl groups is 2. The van der Waals surface area contributed by atoms with Crippen LogP contribution in [0.2, 0.25) is 0 Å². The van der Waals surface area contributed by atoms with Gasteiger partial charge in [0.15, 0.2) is 11.6 Å². The molecule has 0 saturated carbocycles. The number of benzene rings is 1. The first-order valence-corrected chi connectivity index (χ1v) is 13.2. The summed E-state index contributed by atoms with van der Waals surface area (Å²) in [6, 6.07) is 13.1. The number of hydrogen-bond acceptors (Lipinski definition) is 10. The highest BCUT2D eigenvalue weighted by molar-refractivity contribution is 6.03. The summed E-state index contributed by atoms with van der Waals surface area (Å²) in [7, 11) is 1.80. The molecule has 1 amide bonds. The van der Waals surface area contributed by atoms with E-state index in [0.717, 1.165) is 42.2 Å². The first kappa shape index (κ1) is 30.4. The Morgan fingerprint density at radius 1 is 1.12 bits per heavy atom. The predicted octanol–water partition coefficient (Wildman–Crippen LogP) is 1.20. The van der Waals surface area contributed by atoms with E-state index in [2.05, 4.69) is 30.7 Å². The molecule has 5 N–H and O–H groups in total. The van der Waals surface area contributed by atoms with Crippen LogP contribution in [0.1, 0.15) is 10.4 Å². The maximum atomic E-state index is 12.7. The Kier molecular flexibility index (Phi) is 10.6. The van der Waals surface area contributed by atoms with E-state index in [0.29, 0.717) is 36.9 Å². The number of halogens is 1. The second-order valence-electron chi connectivity index (χ2n) is 9.50. The molecule has 0 radical (unpaired) electrons. The molecule has 6 rings (SSSR count). The number of carbonyl (C=O) groups excluding carboxylic acids is 1. The Bertz CT molecular complexity index is 1370. The minimum atomic E-state index is -0.298. The number of nitrogens with one attached hydrogen (secondary N) is 3. The topological polar surface area (TPSA) is 163 Å². The number of H-pyrrole nitrogens is 1. The number of morpholine rings is 2. The lowest BCUT2D eigenvalue weighted by molar-refractivity contribution is -0.00618. The molecule has 41 heavy (non-hydrogen) atoms. The van der Waals surface area contributed by atoms with Gasteiger partial charge >= 0.3 is 0 Å². The number of para-hydroxylation sites is 2.